The zero-order chi connectivity index (χ0) is 15.2. The average molecular weight is 309 g/mol. The molecule has 110 valence electrons. The average Bonchev–Trinajstić information content (AvgIpc) is 3.09. The second-order valence-corrected chi connectivity index (χ2v) is 5.54. The van der Waals surface area contributed by atoms with Crippen LogP contribution in [0.5, 0.6) is 0 Å². The van der Waals surface area contributed by atoms with Crippen molar-refractivity contribution in [3.05, 3.63) is 71.2 Å². The highest BCUT2D eigenvalue weighted by Gasteiger charge is 2.04. The Morgan fingerprint density at radius 3 is 2.86 bits per heavy atom. The smallest absolute Gasteiger partial charge is 0.319 e. The van der Waals surface area contributed by atoms with E-state index in [0.717, 1.165) is 22.4 Å². The van der Waals surface area contributed by atoms with E-state index in [1.165, 1.54) is 0 Å². The monoisotopic (exact) mass is 309 g/mol. The molecule has 0 spiro atoms. The summed E-state index contributed by atoms with van der Waals surface area (Å²) in [6.45, 7) is 0.448. The Bertz CT molecular complexity index is 742. The van der Waals surface area contributed by atoms with Crippen LogP contribution in [-0.2, 0) is 6.54 Å². The van der Waals surface area contributed by atoms with E-state index in [1.807, 2.05) is 41.8 Å². The van der Waals surface area contributed by atoms with Crippen molar-refractivity contribution in [2.24, 2.45) is 0 Å². The molecule has 0 saturated heterocycles. The molecule has 2 aromatic heterocycles. The summed E-state index contributed by atoms with van der Waals surface area (Å²) in [5.74, 6) is 0. The molecule has 0 fully saturated rings. The lowest BCUT2D eigenvalue weighted by Gasteiger charge is -2.08. The summed E-state index contributed by atoms with van der Waals surface area (Å²) in [6, 6.07) is 13.4. The van der Waals surface area contributed by atoms with Crippen LogP contribution in [0.4, 0.5) is 10.5 Å². The number of anilines is 1. The number of carbonyl (C=O) groups is 1. The molecule has 5 heteroatoms. The summed E-state index contributed by atoms with van der Waals surface area (Å²) in [5.41, 5.74) is 3.98. The van der Waals surface area contributed by atoms with Gasteiger partial charge in [0.05, 0.1) is 0 Å². The van der Waals surface area contributed by atoms with E-state index >= 15 is 0 Å². The molecular weight excluding hydrogens is 294 g/mol. The Kier molecular flexibility index (Phi) is 4.46. The van der Waals surface area contributed by atoms with E-state index in [4.69, 9.17) is 0 Å². The van der Waals surface area contributed by atoms with Gasteiger partial charge in [-0.3, -0.25) is 4.98 Å². The Balaban J connectivity index is 1.61. The zero-order valence-electron chi connectivity index (χ0n) is 11.8. The molecule has 22 heavy (non-hydrogen) atoms. The number of hydrogen-bond donors (Lipinski definition) is 2. The van der Waals surface area contributed by atoms with Gasteiger partial charge in [0.2, 0.25) is 0 Å². The van der Waals surface area contributed by atoms with Crippen molar-refractivity contribution in [2.45, 2.75) is 6.54 Å². The summed E-state index contributed by atoms with van der Waals surface area (Å²) in [6.07, 6.45) is 3.44. The minimum absolute atomic E-state index is 0.230. The number of nitrogens with one attached hydrogen (secondary N) is 2. The second kappa shape index (κ2) is 6.87. The minimum atomic E-state index is -0.230. The summed E-state index contributed by atoms with van der Waals surface area (Å²) < 4.78 is 0. The van der Waals surface area contributed by atoms with E-state index in [0.29, 0.717) is 6.54 Å². The molecule has 1 aromatic carbocycles. The fourth-order valence-electron chi connectivity index (χ4n) is 2.07. The van der Waals surface area contributed by atoms with Gasteiger partial charge < -0.3 is 10.6 Å². The third-order valence-electron chi connectivity index (χ3n) is 3.15. The van der Waals surface area contributed by atoms with Gasteiger partial charge in [-0.05, 0) is 51.7 Å². The summed E-state index contributed by atoms with van der Waals surface area (Å²) in [7, 11) is 0. The van der Waals surface area contributed by atoms with Crippen LogP contribution in [0, 0.1) is 0 Å². The maximum Gasteiger partial charge on any atom is 0.319 e. The molecule has 0 aliphatic heterocycles. The van der Waals surface area contributed by atoms with Crippen LogP contribution in [0.15, 0.2) is 65.6 Å². The van der Waals surface area contributed by atoms with Crippen LogP contribution >= 0.6 is 11.3 Å². The number of benzene rings is 1. The van der Waals surface area contributed by atoms with Crippen LogP contribution in [0.1, 0.15) is 5.56 Å². The predicted octanol–water partition coefficient (Wildman–Crippen LogP) is 4.13. The number of pyridine rings is 1. The van der Waals surface area contributed by atoms with Gasteiger partial charge in [0.15, 0.2) is 0 Å². The van der Waals surface area contributed by atoms with Crippen molar-refractivity contribution in [3.63, 3.8) is 0 Å². The summed E-state index contributed by atoms with van der Waals surface area (Å²) >= 11 is 1.65. The molecule has 2 heterocycles. The van der Waals surface area contributed by atoms with Gasteiger partial charge in [0.25, 0.3) is 0 Å². The van der Waals surface area contributed by atoms with Crippen molar-refractivity contribution in [3.8, 4) is 11.1 Å². The van der Waals surface area contributed by atoms with E-state index in [9.17, 15) is 4.79 Å². The van der Waals surface area contributed by atoms with Gasteiger partial charge >= 0.3 is 6.03 Å². The molecule has 2 amide bonds. The number of amides is 2. The number of thiophene rings is 1. The molecule has 2 N–H and O–H groups in total. The van der Waals surface area contributed by atoms with E-state index in [1.54, 1.807) is 23.7 Å². The van der Waals surface area contributed by atoms with E-state index in [2.05, 4.69) is 27.1 Å². The molecule has 0 unspecified atom stereocenters. The first-order valence-corrected chi connectivity index (χ1v) is 7.82. The highest BCUT2D eigenvalue weighted by atomic mass is 32.1. The molecule has 0 atom stereocenters. The fraction of sp³-hybridized carbons (Fsp3) is 0.0588. The highest BCUT2D eigenvalue weighted by Crippen LogP contribution is 2.24. The second-order valence-electron chi connectivity index (χ2n) is 4.76. The fourth-order valence-corrected chi connectivity index (χ4v) is 2.73. The lowest BCUT2D eigenvalue weighted by Crippen LogP contribution is -2.28. The minimum Gasteiger partial charge on any atom is -0.334 e. The first-order valence-electron chi connectivity index (χ1n) is 6.88. The van der Waals surface area contributed by atoms with Crippen molar-refractivity contribution < 1.29 is 4.79 Å². The maximum absolute atomic E-state index is 11.9. The van der Waals surface area contributed by atoms with Crippen LogP contribution in [0.3, 0.4) is 0 Å². The van der Waals surface area contributed by atoms with Gasteiger partial charge in [-0.15, -0.1) is 0 Å². The summed E-state index contributed by atoms with van der Waals surface area (Å²) in [4.78, 5) is 16.0. The molecule has 0 aliphatic carbocycles. The van der Waals surface area contributed by atoms with Crippen LogP contribution in [0.2, 0.25) is 0 Å². The van der Waals surface area contributed by atoms with Crippen molar-refractivity contribution in [1.29, 1.82) is 0 Å². The van der Waals surface area contributed by atoms with Crippen LogP contribution in [-0.4, -0.2) is 11.0 Å². The normalized spacial score (nSPS) is 10.2. The Morgan fingerprint density at radius 1 is 1.14 bits per heavy atom. The Hall–Kier alpha value is -2.66. The number of aromatic nitrogens is 1. The number of nitrogens with zero attached hydrogens (tertiary/aromatic N) is 1. The van der Waals surface area contributed by atoms with Gasteiger partial charge in [0, 0.05) is 24.6 Å². The van der Waals surface area contributed by atoms with Gasteiger partial charge in [-0.1, -0.05) is 18.2 Å². The van der Waals surface area contributed by atoms with Crippen molar-refractivity contribution in [1.82, 2.24) is 10.3 Å². The Morgan fingerprint density at radius 2 is 2.09 bits per heavy atom. The predicted molar refractivity (Wildman–Crippen MR) is 89.9 cm³/mol. The first-order chi connectivity index (χ1) is 10.8. The SMILES string of the molecule is O=C(NCc1cccnc1)Nc1cccc(-c2ccsc2)c1. The molecule has 0 saturated carbocycles. The highest BCUT2D eigenvalue weighted by molar-refractivity contribution is 7.08. The quantitative estimate of drug-likeness (QED) is 0.761. The van der Waals surface area contributed by atoms with E-state index < -0.39 is 0 Å². The number of urea groups is 1. The first kappa shape index (κ1) is 14.3. The van der Waals surface area contributed by atoms with Crippen molar-refractivity contribution >= 4 is 23.1 Å². The number of rotatable bonds is 4. The molecule has 3 aromatic rings. The topological polar surface area (TPSA) is 54.0 Å². The Labute approximate surface area is 132 Å². The number of carbonyl (C=O) groups excluding carboxylic acids is 1. The standard InChI is InChI=1S/C17H15N3OS/c21-17(19-11-13-3-2-7-18-10-13)20-16-5-1-4-14(9-16)15-6-8-22-12-15/h1-10,12H,11H2,(H2,19,20,21). The van der Waals surface area contributed by atoms with Gasteiger partial charge in [0.1, 0.15) is 0 Å². The lowest BCUT2D eigenvalue weighted by molar-refractivity contribution is 0.251. The number of hydrogen-bond acceptors (Lipinski definition) is 3. The van der Waals surface area contributed by atoms with Crippen LogP contribution < -0.4 is 10.6 Å². The summed E-state index contributed by atoms with van der Waals surface area (Å²) in [5, 5.41) is 9.78. The third kappa shape index (κ3) is 3.71. The zero-order valence-corrected chi connectivity index (χ0v) is 12.6. The molecule has 3 rings (SSSR count). The molecule has 0 radical (unpaired) electrons. The molecule has 4 nitrogen and oxygen atoms in total. The maximum atomic E-state index is 11.9. The molecule has 0 bridgehead atoms. The third-order valence-corrected chi connectivity index (χ3v) is 3.83. The van der Waals surface area contributed by atoms with Crippen molar-refractivity contribution in [2.75, 3.05) is 5.32 Å². The largest absolute Gasteiger partial charge is 0.334 e. The van der Waals surface area contributed by atoms with Crippen LogP contribution in [0.25, 0.3) is 11.1 Å². The van der Waals surface area contributed by atoms with Gasteiger partial charge in [-0.2, -0.15) is 11.3 Å². The molecule has 0 aliphatic rings. The van der Waals surface area contributed by atoms with E-state index in [-0.39, 0.29) is 6.03 Å². The lowest BCUT2D eigenvalue weighted by atomic mass is 10.1. The van der Waals surface area contributed by atoms with Gasteiger partial charge in [-0.25, -0.2) is 4.79 Å². The molecular formula is C17H15N3OS.